The molecule has 218 valence electrons. The molecule has 0 aromatic carbocycles. The molecule has 0 radical (unpaired) electrons. The van der Waals surface area contributed by atoms with Crippen molar-refractivity contribution >= 4 is 23.9 Å². The summed E-state index contributed by atoms with van der Waals surface area (Å²) in [7, 11) is 0. The molecule has 2 aliphatic rings. The molecule has 2 heterocycles. The molecule has 2 aliphatic heterocycles. The van der Waals surface area contributed by atoms with Crippen LogP contribution in [-0.2, 0) is 28.6 Å². The molecule has 2 N–H and O–H groups in total. The van der Waals surface area contributed by atoms with Crippen LogP contribution in [0, 0.1) is 11.8 Å². The molecule has 38 heavy (non-hydrogen) atoms. The van der Waals surface area contributed by atoms with E-state index in [0.29, 0.717) is 26.0 Å². The molecule has 0 saturated carbocycles. The Balaban J connectivity index is 2.39. The largest absolute Gasteiger partial charge is 0.464 e. The van der Waals surface area contributed by atoms with Gasteiger partial charge in [-0.25, -0.2) is 9.59 Å². The van der Waals surface area contributed by atoms with Gasteiger partial charge in [-0.15, -0.1) is 0 Å². The van der Waals surface area contributed by atoms with Crippen molar-refractivity contribution in [3.05, 3.63) is 0 Å². The first-order chi connectivity index (χ1) is 17.9. The Morgan fingerprint density at radius 2 is 1.76 bits per heavy atom. The SMILES string of the molecule is CCOC(=O)[C@@H]1CCCCCCCO[C@@H](C)[C@H](NC(=O)OC(C)(C)C)C(=O)N2CC[C@H](C(C)C)[C@H]2C(=O)N1. The first-order valence-electron chi connectivity index (χ1n) is 14.2. The first-order valence-corrected chi connectivity index (χ1v) is 14.2. The number of hydrogen-bond donors (Lipinski definition) is 2. The van der Waals surface area contributed by atoms with Crippen molar-refractivity contribution in [2.24, 2.45) is 11.8 Å². The van der Waals surface area contributed by atoms with Gasteiger partial charge in [-0.3, -0.25) is 9.59 Å². The summed E-state index contributed by atoms with van der Waals surface area (Å²) in [5, 5.41) is 5.62. The maximum absolute atomic E-state index is 14.0. The van der Waals surface area contributed by atoms with Gasteiger partial charge in [0, 0.05) is 13.2 Å². The van der Waals surface area contributed by atoms with Crippen molar-refractivity contribution in [3.8, 4) is 0 Å². The fraction of sp³-hybridized carbons (Fsp3) is 0.857. The third-order valence-electron chi connectivity index (χ3n) is 7.17. The monoisotopic (exact) mass is 539 g/mol. The standard InChI is InChI=1S/C28H49N3O7/c1-8-36-26(34)21-14-12-10-9-11-13-17-37-19(4)22(30-27(35)38-28(5,6)7)25(33)31-16-15-20(18(2)3)23(31)24(32)29-21/h18-23H,8-17H2,1-7H3,(H,29,32)(H,30,35)/t19-,20+,21-,22-,23-/m0/s1. The number of nitrogens with one attached hydrogen (secondary N) is 2. The fourth-order valence-electron chi connectivity index (χ4n) is 5.19. The van der Waals surface area contributed by atoms with Gasteiger partial charge in [-0.2, -0.15) is 0 Å². The number of alkyl carbamates (subject to hydrolysis) is 1. The summed E-state index contributed by atoms with van der Waals surface area (Å²) in [6.07, 6.45) is 4.19. The Morgan fingerprint density at radius 3 is 2.39 bits per heavy atom. The molecule has 0 bridgehead atoms. The Labute approximate surface area is 227 Å². The molecule has 2 saturated heterocycles. The van der Waals surface area contributed by atoms with Gasteiger partial charge in [0.2, 0.25) is 11.8 Å². The van der Waals surface area contributed by atoms with Gasteiger partial charge in [-0.1, -0.05) is 39.5 Å². The van der Waals surface area contributed by atoms with E-state index in [2.05, 4.69) is 10.6 Å². The molecule has 10 heteroatoms. The van der Waals surface area contributed by atoms with E-state index in [0.717, 1.165) is 32.1 Å². The van der Waals surface area contributed by atoms with Crippen molar-refractivity contribution in [1.29, 1.82) is 0 Å². The molecule has 0 aliphatic carbocycles. The van der Waals surface area contributed by atoms with E-state index in [1.165, 1.54) is 4.90 Å². The zero-order valence-electron chi connectivity index (χ0n) is 24.3. The highest BCUT2D eigenvalue weighted by atomic mass is 16.6. The molecule has 2 rings (SSSR count). The number of rotatable bonds is 4. The van der Waals surface area contributed by atoms with Crippen LogP contribution in [0.15, 0.2) is 0 Å². The lowest BCUT2D eigenvalue weighted by atomic mass is 9.88. The van der Waals surface area contributed by atoms with E-state index < -0.39 is 47.8 Å². The van der Waals surface area contributed by atoms with Crippen LogP contribution in [0.3, 0.4) is 0 Å². The number of ether oxygens (including phenoxy) is 3. The second-order valence-electron chi connectivity index (χ2n) is 11.7. The number of carbonyl (C=O) groups excluding carboxylic acids is 4. The Bertz CT molecular complexity index is 811. The van der Waals surface area contributed by atoms with Gasteiger partial charge in [0.05, 0.1) is 12.7 Å². The van der Waals surface area contributed by atoms with Crippen LogP contribution in [0.25, 0.3) is 0 Å². The highest BCUT2D eigenvalue weighted by molar-refractivity contribution is 5.94. The highest BCUT2D eigenvalue weighted by Crippen LogP contribution is 2.32. The molecule has 0 aromatic heterocycles. The zero-order chi connectivity index (χ0) is 28.5. The Kier molecular flexibility index (Phi) is 12.3. The number of esters is 1. The molecule has 3 amide bonds. The minimum absolute atomic E-state index is 0.0981. The van der Waals surface area contributed by atoms with Crippen molar-refractivity contribution in [1.82, 2.24) is 15.5 Å². The van der Waals surface area contributed by atoms with Crippen molar-refractivity contribution in [2.45, 2.75) is 123 Å². The number of fused-ring (bicyclic) bond motifs is 1. The van der Waals surface area contributed by atoms with E-state index >= 15 is 0 Å². The van der Waals surface area contributed by atoms with Crippen molar-refractivity contribution in [2.75, 3.05) is 19.8 Å². The lowest BCUT2D eigenvalue weighted by molar-refractivity contribution is -0.149. The Hall–Kier alpha value is -2.36. The normalized spacial score (nSPS) is 28.4. The number of carbonyl (C=O) groups is 4. The quantitative estimate of drug-likeness (QED) is 0.524. The topological polar surface area (TPSA) is 123 Å². The molecule has 10 nitrogen and oxygen atoms in total. The second kappa shape index (κ2) is 14.7. The molecule has 0 unspecified atom stereocenters. The fourth-order valence-corrected chi connectivity index (χ4v) is 5.19. The minimum Gasteiger partial charge on any atom is -0.464 e. The van der Waals surface area contributed by atoms with E-state index in [-0.39, 0.29) is 24.3 Å². The molecule has 2 fully saturated rings. The van der Waals surface area contributed by atoms with Crippen LogP contribution in [0.4, 0.5) is 4.79 Å². The average Bonchev–Trinajstić information content (AvgIpc) is 3.27. The van der Waals surface area contributed by atoms with E-state index in [9.17, 15) is 19.2 Å². The first kappa shape index (κ1) is 31.9. The molecular weight excluding hydrogens is 490 g/mol. The maximum atomic E-state index is 14.0. The zero-order valence-corrected chi connectivity index (χ0v) is 24.3. The van der Waals surface area contributed by atoms with Crippen LogP contribution in [0.2, 0.25) is 0 Å². The van der Waals surface area contributed by atoms with Gasteiger partial charge >= 0.3 is 12.1 Å². The summed E-state index contributed by atoms with van der Waals surface area (Å²) < 4.78 is 16.7. The highest BCUT2D eigenvalue weighted by Gasteiger charge is 2.46. The average molecular weight is 540 g/mol. The summed E-state index contributed by atoms with van der Waals surface area (Å²) in [6, 6.07) is -2.57. The second-order valence-corrected chi connectivity index (χ2v) is 11.7. The molecular formula is C28H49N3O7. The van der Waals surface area contributed by atoms with Gasteiger partial charge in [0.15, 0.2) is 0 Å². The van der Waals surface area contributed by atoms with Crippen LogP contribution in [0.5, 0.6) is 0 Å². The van der Waals surface area contributed by atoms with Gasteiger partial charge in [-0.05, 0) is 65.7 Å². The number of amides is 3. The lowest BCUT2D eigenvalue weighted by Crippen LogP contribution is -2.60. The van der Waals surface area contributed by atoms with E-state index in [1.807, 2.05) is 13.8 Å². The van der Waals surface area contributed by atoms with E-state index in [4.69, 9.17) is 14.2 Å². The minimum atomic E-state index is -1.03. The number of hydrogen-bond acceptors (Lipinski definition) is 7. The molecule has 5 atom stereocenters. The maximum Gasteiger partial charge on any atom is 0.408 e. The third-order valence-corrected chi connectivity index (χ3v) is 7.17. The predicted octanol–water partition coefficient (Wildman–Crippen LogP) is 3.56. The predicted molar refractivity (Wildman–Crippen MR) is 143 cm³/mol. The molecule has 0 aromatic rings. The van der Waals surface area contributed by atoms with Gasteiger partial charge in [0.25, 0.3) is 0 Å². The molecule has 0 spiro atoms. The summed E-state index contributed by atoms with van der Waals surface area (Å²) in [5.41, 5.74) is -0.740. The van der Waals surface area contributed by atoms with Gasteiger partial charge in [0.1, 0.15) is 23.7 Å². The Morgan fingerprint density at radius 1 is 1.11 bits per heavy atom. The van der Waals surface area contributed by atoms with Crippen LogP contribution >= 0.6 is 0 Å². The number of nitrogens with zero attached hydrogens (tertiary/aromatic N) is 1. The summed E-state index contributed by atoms with van der Waals surface area (Å²) >= 11 is 0. The third kappa shape index (κ3) is 9.43. The smallest absolute Gasteiger partial charge is 0.408 e. The summed E-state index contributed by atoms with van der Waals surface area (Å²) in [6.45, 7) is 13.8. The van der Waals surface area contributed by atoms with Crippen molar-refractivity contribution < 1.29 is 33.4 Å². The summed E-state index contributed by atoms with van der Waals surface area (Å²) in [5.74, 6) is -1.19. The van der Waals surface area contributed by atoms with Crippen molar-refractivity contribution in [3.63, 3.8) is 0 Å². The van der Waals surface area contributed by atoms with Crippen LogP contribution < -0.4 is 10.6 Å². The van der Waals surface area contributed by atoms with E-state index in [1.54, 1.807) is 34.6 Å². The summed E-state index contributed by atoms with van der Waals surface area (Å²) in [4.78, 5) is 54.6. The van der Waals surface area contributed by atoms with Gasteiger partial charge < -0.3 is 29.7 Å². The van der Waals surface area contributed by atoms with Crippen LogP contribution in [-0.4, -0.2) is 78.4 Å². The van der Waals surface area contributed by atoms with Crippen LogP contribution in [0.1, 0.15) is 93.4 Å². The lowest BCUT2D eigenvalue weighted by Gasteiger charge is -2.34.